The van der Waals surface area contributed by atoms with Crippen molar-refractivity contribution in [3.63, 3.8) is 0 Å². The zero-order valence-corrected chi connectivity index (χ0v) is 17.5. The topological polar surface area (TPSA) is 91.6 Å². The van der Waals surface area contributed by atoms with E-state index in [0.717, 1.165) is 38.8 Å². The van der Waals surface area contributed by atoms with Crippen LogP contribution in [0.3, 0.4) is 0 Å². The molecule has 0 aromatic carbocycles. The van der Waals surface area contributed by atoms with E-state index in [0.29, 0.717) is 30.5 Å². The molecule has 8 nitrogen and oxygen atoms in total. The maximum absolute atomic E-state index is 13.0. The van der Waals surface area contributed by atoms with Crippen molar-refractivity contribution in [2.24, 2.45) is 5.41 Å². The van der Waals surface area contributed by atoms with Gasteiger partial charge in [0.2, 0.25) is 11.8 Å². The molecule has 1 aromatic rings. The molecule has 0 saturated carbocycles. The number of hydrogen-bond donors (Lipinski definition) is 1. The Hall–Kier alpha value is -1.96. The molecule has 0 radical (unpaired) electrons. The number of carbonyl (C=O) groups is 2. The number of piperidine rings is 2. The first-order chi connectivity index (χ1) is 13.3. The molecular formula is C20H33N5O3. The van der Waals surface area contributed by atoms with E-state index in [-0.39, 0.29) is 24.3 Å². The van der Waals surface area contributed by atoms with E-state index in [1.807, 2.05) is 6.92 Å². The summed E-state index contributed by atoms with van der Waals surface area (Å²) in [6.07, 6.45) is 3.78. The second-order valence-corrected chi connectivity index (χ2v) is 8.83. The molecule has 1 aromatic heterocycles. The minimum absolute atomic E-state index is 0.0252. The lowest BCUT2D eigenvalue weighted by Gasteiger charge is -2.41. The Morgan fingerprint density at radius 1 is 1.25 bits per heavy atom. The Labute approximate surface area is 167 Å². The van der Waals surface area contributed by atoms with Gasteiger partial charge in [-0.25, -0.2) is 4.63 Å². The molecule has 0 bridgehead atoms. The summed E-state index contributed by atoms with van der Waals surface area (Å²) in [5.41, 5.74) is 0.664. The van der Waals surface area contributed by atoms with Gasteiger partial charge in [0.1, 0.15) is 11.4 Å². The second kappa shape index (κ2) is 8.59. The fourth-order valence-corrected chi connectivity index (χ4v) is 4.22. The third-order valence-corrected chi connectivity index (χ3v) is 6.26. The SMILES string of the molecule is Cc1nonc1CC(=O)N1CCCC(C)(C(=O)NC2CCN(C(C)C)CC2)C1. The number of carbonyl (C=O) groups excluding carboxylic acids is 2. The summed E-state index contributed by atoms with van der Waals surface area (Å²) in [4.78, 5) is 30.0. The van der Waals surface area contributed by atoms with Gasteiger partial charge in [-0.05, 0) is 53.4 Å². The van der Waals surface area contributed by atoms with Crippen LogP contribution in [-0.2, 0) is 16.0 Å². The van der Waals surface area contributed by atoms with Gasteiger partial charge in [-0.3, -0.25) is 9.59 Å². The second-order valence-electron chi connectivity index (χ2n) is 8.83. The summed E-state index contributed by atoms with van der Waals surface area (Å²) in [7, 11) is 0. The van der Waals surface area contributed by atoms with Crippen molar-refractivity contribution in [3.05, 3.63) is 11.4 Å². The first-order valence-electron chi connectivity index (χ1n) is 10.4. The number of nitrogens with zero attached hydrogens (tertiary/aromatic N) is 4. The summed E-state index contributed by atoms with van der Waals surface area (Å²) < 4.78 is 4.68. The van der Waals surface area contributed by atoms with Gasteiger partial charge in [0, 0.05) is 38.3 Å². The summed E-state index contributed by atoms with van der Waals surface area (Å²) in [5, 5.41) is 10.8. The number of amides is 2. The molecule has 1 atom stereocenters. The van der Waals surface area contributed by atoms with E-state index in [2.05, 4.69) is 39.0 Å². The number of rotatable bonds is 5. The van der Waals surface area contributed by atoms with Crippen LogP contribution < -0.4 is 5.32 Å². The predicted molar refractivity (Wildman–Crippen MR) is 105 cm³/mol. The maximum atomic E-state index is 13.0. The summed E-state index contributed by atoms with van der Waals surface area (Å²) in [6, 6.07) is 0.782. The van der Waals surface area contributed by atoms with Crippen molar-refractivity contribution >= 4 is 11.8 Å². The highest BCUT2D eigenvalue weighted by Gasteiger charge is 2.40. The standard InChI is InChI=1S/C20H33N5O3/c1-14(2)24-10-6-16(7-11-24)21-19(27)20(4)8-5-9-25(13-20)18(26)12-17-15(3)22-28-23-17/h14,16H,5-13H2,1-4H3,(H,21,27). The Kier molecular flexibility index (Phi) is 6.37. The molecule has 1 unspecified atom stereocenters. The van der Waals surface area contributed by atoms with E-state index in [1.54, 1.807) is 11.8 Å². The van der Waals surface area contributed by atoms with Gasteiger partial charge >= 0.3 is 0 Å². The lowest BCUT2D eigenvalue weighted by atomic mass is 9.80. The first-order valence-corrected chi connectivity index (χ1v) is 10.4. The Balaban J connectivity index is 1.55. The van der Waals surface area contributed by atoms with Gasteiger partial charge in [0.05, 0.1) is 11.8 Å². The van der Waals surface area contributed by atoms with Crippen molar-refractivity contribution in [2.75, 3.05) is 26.2 Å². The van der Waals surface area contributed by atoms with Crippen molar-refractivity contribution in [2.45, 2.75) is 71.9 Å². The number of aryl methyl sites for hydroxylation is 1. The van der Waals surface area contributed by atoms with Crippen LogP contribution in [0.25, 0.3) is 0 Å². The van der Waals surface area contributed by atoms with E-state index >= 15 is 0 Å². The molecule has 156 valence electrons. The molecule has 3 heterocycles. The van der Waals surface area contributed by atoms with Crippen LogP contribution in [0.15, 0.2) is 4.63 Å². The summed E-state index contributed by atoms with van der Waals surface area (Å²) in [6.45, 7) is 11.4. The first kappa shape index (κ1) is 20.8. The van der Waals surface area contributed by atoms with Crippen molar-refractivity contribution < 1.29 is 14.2 Å². The fourth-order valence-electron chi connectivity index (χ4n) is 4.22. The van der Waals surface area contributed by atoms with E-state index in [9.17, 15) is 9.59 Å². The van der Waals surface area contributed by atoms with Gasteiger partial charge in [0.15, 0.2) is 0 Å². The van der Waals surface area contributed by atoms with Crippen LogP contribution in [0.4, 0.5) is 0 Å². The fraction of sp³-hybridized carbons (Fsp3) is 0.800. The van der Waals surface area contributed by atoms with Crippen LogP contribution in [0.1, 0.15) is 57.8 Å². The third kappa shape index (κ3) is 4.71. The predicted octanol–water partition coefficient (Wildman–Crippen LogP) is 1.54. The van der Waals surface area contributed by atoms with Crippen LogP contribution in [0, 0.1) is 12.3 Å². The Morgan fingerprint density at radius 2 is 1.96 bits per heavy atom. The molecule has 2 aliphatic heterocycles. The number of hydrogen-bond acceptors (Lipinski definition) is 6. The Bertz CT molecular complexity index is 696. The molecule has 1 N–H and O–H groups in total. The van der Waals surface area contributed by atoms with Crippen LogP contribution in [0.2, 0.25) is 0 Å². The number of aromatic nitrogens is 2. The highest BCUT2D eigenvalue weighted by Crippen LogP contribution is 2.31. The molecule has 2 saturated heterocycles. The molecule has 2 amide bonds. The average molecular weight is 392 g/mol. The molecule has 2 aliphatic rings. The molecule has 2 fully saturated rings. The van der Waals surface area contributed by atoms with Gasteiger partial charge in [-0.1, -0.05) is 10.3 Å². The quantitative estimate of drug-likeness (QED) is 0.819. The zero-order valence-electron chi connectivity index (χ0n) is 17.5. The molecular weight excluding hydrogens is 358 g/mol. The Morgan fingerprint density at radius 3 is 2.57 bits per heavy atom. The average Bonchev–Trinajstić information content (AvgIpc) is 3.06. The lowest BCUT2D eigenvalue weighted by Crippen LogP contribution is -2.55. The largest absolute Gasteiger partial charge is 0.353 e. The highest BCUT2D eigenvalue weighted by atomic mass is 16.6. The molecule has 28 heavy (non-hydrogen) atoms. The van der Waals surface area contributed by atoms with Gasteiger partial charge in [-0.2, -0.15) is 0 Å². The molecule has 8 heteroatoms. The maximum Gasteiger partial charge on any atom is 0.228 e. The zero-order chi connectivity index (χ0) is 20.3. The summed E-state index contributed by atoms with van der Waals surface area (Å²) >= 11 is 0. The van der Waals surface area contributed by atoms with E-state index in [4.69, 9.17) is 0 Å². The molecule has 3 rings (SSSR count). The van der Waals surface area contributed by atoms with Gasteiger partial charge in [-0.15, -0.1) is 0 Å². The van der Waals surface area contributed by atoms with Gasteiger partial charge < -0.3 is 15.1 Å². The van der Waals surface area contributed by atoms with E-state index < -0.39 is 5.41 Å². The molecule has 0 spiro atoms. The minimum Gasteiger partial charge on any atom is -0.353 e. The summed E-state index contributed by atoms with van der Waals surface area (Å²) in [5.74, 6) is 0.0510. The van der Waals surface area contributed by atoms with E-state index in [1.165, 1.54) is 0 Å². The van der Waals surface area contributed by atoms with Crippen LogP contribution in [-0.4, -0.2) is 70.2 Å². The van der Waals surface area contributed by atoms with Crippen LogP contribution in [0.5, 0.6) is 0 Å². The number of nitrogens with one attached hydrogen (secondary N) is 1. The van der Waals surface area contributed by atoms with Crippen molar-refractivity contribution in [1.29, 1.82) is 0 Å². The van der Waals surface area contributed by atoms with Crippen LogP contribution >= 0.6 is 0 Å². The minimum atomic E-state index is -0.541. The highest BCUT2D eigenvalue weighted by molar-refractivity contribution is 5.85. The normalized spacial score (nSPS) is 24.5. The smallest absolute Gasteiger partial charge is 0.228 e. The van der Waals surface area contributed by atoms with Crippen molar-refractivity contribution in [3.8, 4) is 0 Å². The third-order valence-electron chi connectivity index (χ3n) is 6.26. The van der Waals surface area contributed by atoms with Crippen molar-refractivity contribution in [1.82, 2.24) is 25.4 Å². The monoisotopic (exact) mass is 391 g/mol. The van der Waals surface area contributed by atoms with Gasteiger partial charge in [0.25, 0.3) is 0 Å². The molecule has 0 aliphatic carbocycles. The lowest BCUT2D eigenvalue weighted by molar-refractivity contribution is -0.140. The number of likely N-dealkylation sites (tertiary alicyclic amines) is 2.